The van der Waals surface area contributed by atoms with Gasteiger partial charge in [0.1, 0.15) is 5.75 Å². The number of benzene rings is 3. The van der Waals surface area contributed by atoms with Gasteiger partial charge in [-0.2, -0.15) is 0 Å². The second kappa shape index (κ2) is 12.0. The Morgan fingerprint density at radius 1 is 1.06 bits per heavy atom. The fourth-order valence-corrected chi connectivity index (χ4v) is 5.07. The Hall–Kier alpha value is -3.11. The molecule has 1 aromatic heterocycles. The van der Waals surface area contributed by atoms with Gasteiger partial charge in [0.15, 0.2) is 10.2 Å². The van der Waals surface area contributed by atoms with Crippen LogP contribution in [0.2, 0.25) is 5.02 Å². The van der Waals surface area contributed by atoms with E-state index in [-0.39, 0.29) is 11.7 Å². The third kappa shape index (κ3) is 6.95. The fraction of sp³-hybridized carbons (Fsp3) is 0.0800. The number of methoxy groups -OCH3 is 1. The van der Waals surface area contributed by atoms with Gasteiger partial charge in [-0.3, -0.25) is 4.79 Å². The van der Waals surface area contributed by atoms with Crippen molar-refractivity contribution in [2.45, 2.75) is 4.90 Å². The summed E-state index contributed by atoms with van der Waals surface area (Å²) in [5.41, 5.74) is 3.16. The molecule has 0 saturated carbocycles. The molecule has 0 fully saturated rings. The molecular weight excluding hydrogens is 520 g/mol. The largest absolute Gasteiger partial charge is 0.495 e. The third-order valence-electron chi connectivity index (χ3n) is 4.72. The van der Waals surface area contributed by atoms with Crippen LogP contribution in [0.1, 0.15) is 0 Å². The number of thiocarbonyl (C=S) groups is 1. The van der Waals surface area contributed by atoms with Gasteiger partial charge in [0, 0.05) is 26.5 Å². The lowest BCUT2D eigenvalue weighted by molar-refractivity contribution is -0.113. The van der Waals surface area contributed by atoms with Crippen molar-refractivity contribution in [2.24, 2.45) is 0 Å². The number of anilines is 3. The standard InChI is InChI=1S/C25H21ClN4O2S3/c1-32-22-12-5-4-11-20(22)28-24(33)27-16-7-6-8-17(13-16)34-15-23(31)30-25-29-21(14-35-25)18-9-2-3-10-19(18)26/h2-14H,15H2,1H3,(H2,27,28,33)(H,29,30,31). The topological polar surface area (TPSA) is 75.3 Å². The number of amides is 1. The molecule has 6 nitrogen and oxygen atoms in total. The number of hydrogen-bond acceptors (Lipinski definition) is 6. The normalized spacial score (nSPS) is 10.5. The van der Waals surface area contributed by atoms with Gasteiger partial charge in [0.2, 0.25) is 5.91 Å². The van der Waals surface area contributed by atoms with Crippen LogP contribution in [0.15, 0.2) is 83.1 Å². The molecule has 35 heavy (non-hydrogen) atoms. The smallest absolute Gasteiger partial charge is 0.236 e. The molecule has 0 spiro atoms. The number of aromatic nitrogens is 1. The Balaban J connectivity index is 1.30. The molecule has 0 aliphatic carbocycles. The molecule has 0 unspecified atom stereocenters. The Labute approximate surface area is 222 Å². The van der Waals surface area contributed by atoms with E-state index in [4.69, 9.17) is 28.6 Å². The van der Waals surface area contributed by atoms with Crippen molar-refractivity contribution >= 4 is 74.4 Å². The first-order valence-electron chi connectivity index (χ1n) is 10.5. The van der Waals surface area contributed by atoms with E-state index in [1.165, 1.54) is 23.1 Å². The summed E-state index contributed by atoms with van der Waals surface area (Å²) < 4.78 is 5.34. The zero-order valence-corrected chi connectivity index (χ0v) is 21.8. The summed E-state index contributed by atoms with van der Waals surface area (Å²) in [5, 5.41) is 12.6. The van der Waals surface area contributed by atoms with E-state index >= 15 is 0 Å². The molecule has 3 aromatic carbocycles. The lowest BCUT2D eigenvalue weighted by Crippen LogP contribution is -2.19. The molecular formula is C25H21ClN4O2S3. The van der Waals surface area contributed by atoms with Gasteiger partial charge >= 0.3 is 0 Å². The average Bonchev–Trinajstić information content (AvgIpc) is 3.31. The highest BCUT2D eigenvalue weighted by atomic mass is 35.5. The number of ether oxygens (including phenoxy) is 1. The molecule has 1 heterocycles. The molecule has 3 N–H and O–H groups in total. The SMILES string of the molecule is COc1ccccc1NC(=S)Nc1cccc(SCC(=O)Nc2nc(-c3ccccc3Cl)cs2)c1. The number of nitrogens with zero attached hydrogens (tertiary/aromatic N) is 1. The Morgan fingerprint density at radius 2 is 1.86 bits per heavy atom. The first kappa shape index (κ1) is 25.0. The highest BCUT2D eigenvalue weighted by Crippen LogP contribution is 2.30. The molecule has 10 heteroatoms. The molecule has 0 atom stereocenters. The van der Waals surface area contributed by atoms with Gasteiger partial charge in [0.25, 0.3) is 0 Å². The monoisotopic (exact) mass is 540 g/mol. The molecule has 4 rings (SSSR count). The van der Waals surface area contributed by atoms with Crippen LogP contribution in [0.4, 0.5) is 16.5 Å². The number of para-hydroxylation sites is 2. The first-order valence-corrected chi connectivity index (χ1v) is 13.1. The van der Waals surface area contributed by atoms with Crippen LogP contribution in [0.5, 0.6) is 5.75 Å². The predicted octanol–water partition coefficient (Wildman–Crippen LogP) is 7.01. The molecule has 0 saturated heterocycles. The van der Waals surface area contributed by atoms with Gasteiger partial charge < -0.3 is 20.7 Å². The van der Waals surface area contributed by atoms with E-state index in [0.29, 0.717) is 21.0 Å². The molecule has 0 aliphatic rings. The minimum absolute atomic E-state index is 0.137. The number of halogens is 1. The molecule has 0 radical (unpaired) electrons. The van der Waals surface area contributed by atoms with Gasteiger partial charge in [-0.05, 0) is 48.6 Å². The number of rotatable bonds is 8. The van der Waals surface area contributed by atoms with E-state index in [1.54, 1.807) is 7.11 Å². The van der Waals surface area contributed by atoms with Crippen LogP contribution in [-0.4, -0.2) is 28.9 Å². The zero-order valence-electron chi connectivity index (χ0n) is 18.6. The number of carbonyl (C=O) groups is 1. The van der Waals surface area contributed by atoms with Crippen molar-refractivity contribution in [3.05, 3.63) is 83.2 Å². The fourth-order valence-electron chi connectivity index (χ4n) is 3.12. The van der Waals surface area contributed by atoms with E-state index < -0.39 is 0 Å². The summed E-state index contributed by atoms with van der Waals surface area (Å²) in [6.07, 6.45) is 0. The van der Waals surface area contributed by atoms with Gasteiger partial charge in [0.05, 0.1) is 24.2 Å². The van der Waals surface area contributed by atoms with Crippen LogP contribution >= 0.6 is 46.9 Å². The van der Waals surface area contributed by atoms with Crippen molar-refractivity contribution in [3.8, 4) is 17.0 Å². The van der Waals surface area contributed by atoms with Crippen molar-refractivity contribution < 1.29 is 9.53 Å². The molecule has 4 aromatic rings. The van der Waals surface area contributed by atoms with Crippen molar-refractivity contribution in [3.63, 3.8) is 0 Å². The van der Waals surface area contributed by atoms with Crippen LogP contribution < -0.4 is 20.7 Å². The van der Waals surface area contributed by atoms with Crippen molar-refractivity contribution in [1.29, 1.82) is 0 Å². The summed E-state index contributed by atoms with van der Waals surface area (Å²) in [7, 11) is 1.61. The van der Waals surface area contributed by atoms with Crippen LogP contribution in [0.25, 0.3) is 11.3 Å². The van der Waals surface area contributed by atoms with E-state index in [1.807, 2.05) is 78.2 Å². The highest BCUT2D eigenvalue weighted by Gasteiger charge is 2.11. The van der Waals surface area contributed by atoms with E-state index in [0.717, 1.165) is 27.5 Å². The molecule has 0 aliphatic heterocycles. The maximum absolute atomic E-state index is 12.5. The average molecular weight is 541 g/mol. The number of thiazole rings is 1. The summed E-state index contributed by atoms with van der Waals surface area (Å²) in [6, 6.07) is 22.7. The lowest BCUT2D eigenvalue weighted by atomic mass is 10.2. The third-order valence-corrected chi connectivity index (χ3v) is 7.00. The Morgan fingerprint density at radius 3 is 2.69 bits per heavy atom. The second-order valence-electron chi connectivity index (χ2n) is 7.16. The number of thioether (sulfide) groups is 1. The van der Waals surface area contributed by atoms with Crippen molar-refractivity contribution in [2.75, 3.05) is 28.8 Å². The minimum Gasteiger partial charge on any atom is -0.495 e. The van der Waals surface area contributed by atoms with Gasteiger partial charge in [-0.1, -0.05) is 48.0 Å². The number of nitrogens with one attached hydrogen (secondary N) is 3. The quantitative estimate of drug-likeness (QED) is 0.164. The zero-order chi connectivity index (χ0) is 24.6. The number of hydrogen-bond donors (Lipinski definition) is 3. The van der Waals surface area contributed by atoms with Crippen LogP contribution in [0, 0.1) is 0 Å². The van der Waals surface area contributed by atoms with E-state index in [9.17, 15) is 4.79 Å². The van der Waals surface area contributed by atoms with E-state index in [2.05, 4.69) is 20.9 Å². The maximum Gasteiger partial charge on any atom is 0.236 e. The lowest BCUT2D eigenvalue weighted by Gasteiger charge is -2.13. The van der Waals surface area contributed by atoms with Crippen LogP contribution in [0.3, 0.4) is 0 Å². The predicted molar refractivity (Wildman–Crippen MR) is 151 cm³/mol. The molecule has 1 amide bonds. The second-order valence-corrected chi connectivity index (χ2v) is 9.88. The minimum atomic E-state index is -0.137. The highest BCUT2D eigenvalue weighted by molar-refractivity contribution is 8.00. The molecule has 0 bridgehead atoms. The Kier molecular flexibility index (Phi) is 8.59. The maximum atomic E-state index is 12.5. The first-order chi connectivity index (χ1) is 17.0. The van der Waals surface area contributed by atoms with Gasteiger partial charge in [-0.25, -0.2) is 4.98 Å². The summed E-state index contributed by atoms with van der Waals surface area (Å²) in [4.78, 5) is 17.9. The summed E-state index contributed by atoms with van der Waals surface area (Å²) in [6.45, 7) is 0. The summed E-state index contributed by atoms with van der Waals surface area (Å²) >= 11 is 14.5. The van der Waals surface area contributed by atoms with Crippen molar-refractivity contribution in [1.82, 2.24) is 4.98 Å². The molecule has 178 valence electrons. The summed E-state index contributed by atoms with van der Waals surface area (Å²) in [5.74, 6) is 0.807. The van der Waals surface area contributed by atoms with Gasteiger partial charge in [-0.15, -0.1) is 23.1 Å². The number of carbonyl (C=O) groups excluding carboxylic acids is 1. The Bertz CT molecular complexity index is 1350. The van der Waals surface area contributed by atoms with Crippen LogP contribution in [-0.2, 0) is 4.79 Å².